The van der Waals surface area contributed by atoms with E-state index in [0.29, 0.717) is 0 Å². The van der Waals surface area contributed by atoms with Gasteiger partial charge in [-0.2, -0.15) is 0 Å². The summed E-state index contributed by atoms with van der Waals surface area (Å²) in [5.41, 5.74) is 0. The fraction of sp³-hybridized carbons (Fsp3) is 0.714. The van der Waals surface area contributed by atoms with E-state index in [4.69, 9.17) is 45.6 Å². The van der Waals surface area contributed by atoms with Crippen molar-refractivity contribution in [3.05, 3.63) is 0 Å². The molecule has 10 nitrogen and oxygen atoms in total. The Kier molecular flexibility index (Phi) is 21.9. The summed E-state index contributed by atoms with van der Waals surface area (Å²) in [5.74, 6) is -1.73. The van der Waals surface area contributed by atoms with Crippen LogP contribution in [0.25, 0.3) is 0 Å². The summed E-state index contributed by atoms with van der Waals surface area (Å²) in [6.07, 6.45) is -9.67. The molecule has 0 aromatic carbocycles. The number of carboxylic acid groups (broad SMARTS) is 3. The van der Waals surface area contributed by atoms with Crippen LogP contribution in [-0.4, -0.2) is 143 Å². The maximum atomic E-state index is 10.1. The van der Waals surface area contributed by atoms with Gasteiger partial charge in [-0.15, -0.1) is 0 Å². The molecule has 0 saturated heterocycles. The van der Waals surface area contributed by atoms with E-state index in [-0.39, 0.29) is 59.1 Å². The summed E-state index contributed by atoms with van der Waals surface area (Å²) in [6, 6.07) is 0. The van der Waals surface area contributed by atoms with Gasteiger partial charge in [0, 0.05) is 0 Å². The molecule has 0 bridgehead atoms. The molecule has 0 radical (unpaired) electrons. The first kappa shape index (κ1) is 27.8. The van der Waals surface area contributed by atoms with Gasteiger partial charge >= 0.3 is 71.2 Å². The summed E-state index contributed by atoms with van der Waals surface area (Å²) >= 11 is 0. The van der Waals surface area contributed by atoms with Gasteiger partial charge in [-0.05, 0) is 0 Å². The van der Waals surface area contributed by atoms with Crippen LogP contribution in [0.1, 0.15) is 0 Å². The molecule has 0 aliphatic heterocycles. The quantitative estimate of drug-likeness (QED) is 0.229. The van der Waals surface area contributed by atoms with Crippen LogP contribution in [0.4, 0.5) is 4.79 Å². The topological polar surface area (TPSA) is 196 Å². The van der Waals surface area contributed by atoms with E-state index < -0.39 is 43.1 Å². The van der Waals surface area contributed by atoms with Gasteiger partial charge in [-0.3, -0.25) is 0 Å². The van der Waals surface area contributed by atoms with E-state index in [1.807, 2.05) is 0 Å². The molecule has 106 valence electrons. The van der Waals surface area contributed by atoms with Crippen molar-refractivity contribution in [1.29, 1.82) is 0 Å². The number of aliphatic hydroxyl groups excluding tert-OH is 5. The van der Waals surface area contributed by atoms with Crippen LogP contribution >= 0.6 is 0 Å². The van der Waals surface area contributed by atoms with Crippen LogP contribution in [0.5, 0.6) is 0 Å². The van der Waals surface area contributed by atoms with Gasteiger partial charge in [0.25, 0.3) is 0 Å². The Balaban J connectivity index is -0.000000165. The third-order valence-corrected chi connectivity index (χ3v) is 1.51. The maximum absolute atomic E-state index is 10.1. The first-order valence-electron chi connectivity index (χ1n) is 4.13. The minimum atomic E-state index is -2.20. The van der Waals surface area contributed by atoms with E-state index in [1.165, 1.54) is 0 Å². The molecule has 19 heavy (non-hydrogen) atoms. The Labute approximate surface area is 151 Å². The second-order valence-electron chi connectivity index (χ2n) is 2.80. The molecule has 4 atom stereocenters. The zero-order chi connectivity index (χ0) is 14.2. The monoisotopic (exact) mass is 306 g/mol. The third kappa shape index (κ3) is 14.8. The normalized spacial score (nSPS) is 15.2. The molecule has 0 aromatic rings. The van der Waals surface area contributed by atoms with Crippen molar-refractivity contribution in [3.63, 3.8) is 0 Å². The molecule has 0 heterocycles. The van der Waals surface area contributed by atoms with Crippen LogP contribution in [0.15, 0.2) is 0 Å². The Morgan fingerprint density at radius 2 is 1.16 bits per heavy atom. The number of hydrogen-bond donors (Lipinski definition) is 8. The van der Waals surface area contributed by atoms with Crippen molar-refractivity contribution in [3.8, 4) is 0 Å². The first-order valence-corrected chi connectivity index (χ1v) is 4.13. The molecule has 0 aliphatic rings. The number of hydrogen-bond acceptors (Lipinski definition) is 7. The zero-order valence-corrected chi connectivity index (χ0v) is 8.41. The molecule has 0 aliphatic carbocycles. The van der Waals surface area contributed by atoms with Gasteiger partial charge in [0.05, 0.1) is 6.61 Å². The summed E-state index contributed by atoms with van der Waals surface area (Å²) in [7, 11) is 0. The standard InChI is InChI=1S/C6H12O7.CH2O3.2Na.2H/c7-1-2(8)3(9)4(10)5(11)6(12)13;2-1(3)4;;;;/h2-5,7-11H,1H2,(H,12,13);(H2,2,3,4);;;;/t2-,3-,4+,5-;;;;;/m1...../s1. The SMILES string of the molecule is O=C(O)O.O=C(O)[C@H](O)[C@@H](O)[C@H](O)[C@H](O)CO.[NaH].[NaH]. The van der Waals surface area contributed by atoms with E-state index in [0.717, 1.165) is 0 Å². The van der Waals surface area contributed by atoms with Gasteiger partial charge in [-0.1, -0.05) is 0 Å². The van der Waals surface area contributed by atoms with Crippen LogP contribution in [-0.2, 0) is 4.79 Å². The van der Waals surface area contributed by atoms with Crippen molar-refractivity contribution in [2.75, 3.05) is 6.61 Å². The summed E-state index contributed by atoms with van der Waals surface area (Å²) in [6.45, 7) is -0.843. The Morgan fingerprint density at radius 1 is 0.842 bits per heavy atom. The number of aliphatic carboxylic acids is 1. The Bertz CT molecular complexity index is 246. The Morgan fingerprint density at radius 3 is 1.37 bits per heavy atom. The van der Waals surface area contributed by atoms with E-state index >= 15 is 0 Å². The van der Waals surface area contributed by atoms with E-state index in [1.54, 1.807) is 0 Å². The number of aliphatic hydroxyl groups is 5. The first-order chi connectivity index (χ1) is 7.64. The van der Waals surface area contributed by atoms with Crippen molar-refractivity contribution >= 4 is 71.2 Å². The average Bonchev–Trinajstić information content (AvgIpc) is 2.23. The number of rotatable bonds is 5. The van der Waals surface area contributed by atoms with Crippen LogP contribution in [0, 0.1) is 0 Å². The third-order valence-electron chi connectivity index (χ3n) is 1.51. The minimum absolute atomic E-state index is 0. The molecular formula is C7H16Na2O10. The Hall–Kier alpha value is 0.540. The van der Waals surface area contributed by atoms with E-state index in [2.05, 4.69) is 0 Å². The zero-order valence-electron chi connectivity index (χ0n) is 8.41. The van der Waals surface area contributed by atoms with Crippen LogP contribution in [0.2, 0.25) is 0 Å². The van der Waals surface area contributed by atoms with Gasteiger partial charge in [-0.25, -0.2) is 9.59 Å². The van der Waals surface area contributed by atoms with Gasteiger partial charge in [0.1, 0.15) is 18.3 Å². The predicted molar refractivity (Wildman–Crippen MR) is 63.7 cm³/mol. The molecule has 8 N–H and O–H groups in total. The summed E-state index contributed by atoms with van der Waals surface area (Å²) in [5, 5.41) is 65.8. The molecule has 0 fully saturated rings. The molecule has 0 rings (SSSR count). The molecular weight excluding hydrogens is 290 g/mol. The molecule has 0 unspecified atom stereocenters. The second-order valence-corrected chi connectivity index (χ2v) is 2.80. The van der Waals surface area contributed by atoms with Gasteiger partial charge in [0.2, 0.25) is 0 Å². The fourth-order valence-electron chi connectivity index (χ4n) is 0.668. The summed E-state index contributed by atoms with van der Waals surface area (Å²) < 4.78 is 0. The van der Waals surface area contributed by atoms with Crippen molar-refractivity contribution in [2.24, 2.45) is 0 Å². The van der Waals surface area contributed by atoms with Crippen molar-refractivity contribution in [2.45, 2.75) is 24.4 Å². The predicted octanol–water partition coefficient (Wildman–Crippen LogP) is -4.57. The van der Waals surface area contributed by atoms with Gasteiger partial charge in [0.15, 0.2) is 6.10 Å². The fourth-order valence-corrected chi connectivity index (χ4v) is 0.668. The van der Waals surface area contributed by atoms with Crippen LogP contribution in [0.3, 0.4) is 0 Å². The number of carboxylic acids is 1. The van der Waals surface area contributed by atoms with Crippen molar-refractivity contribution in [1.82, 2.24) is 0 Å². The number of carbonyl (C=O) groups is 2. The molecule has 0 aromatic heterocycles. The molecule has 0 spiro atoms. The summed E-state index contributed by atoms with van der Waals surface area (Å²) in [4.78, 5) is 18.6. The average molecular weight is 306 g/mol. The molecule has 0 saturated carbocycles. The molecule has 12 heteroatoms. The van der Waals surface area contributed by atoms with E-state index in [9.17, 15) is 4.79 Å². The molecule has 0 amide bonds. The van der Waals surface area contributed by atoms with Crippen LogP contribution < -0.4 is 0 Å². The van der Waals surface area contributed by atoms with Crippen molar-refractivity contribution < 1.29 is 50.4 Å². The van der Waals surface area contributed by atoms with Gasteiger partial charge < -0.3 is 40.9 Å². The second kappa shape index (κ2) is 14.9.